The van der Waals surface area contributed by atoms with E-state index >= 15 is 0 Å². The van der Waals surface area contributed by atoms with Crippen LogP contribution in [0.3, 0.4) is 0 Å². The lowest BCUT2D eigenvalue weighted by molar-refractivity contribution is -0.124. The van der Waals surface area contributed by atoms with Crippen LogP contribution >= 0.6 is 0 Å². The Morgan fingerprint density at radius 3 is 2.81 bits per heavy atom. The number of aromatic nitrogens is 3. The average molecular weight is 372 g/mol. The van der Waals surface area contributed by atoms with Crippen LogP contribution in [-0.4, -0.2) is 26.8 Å². The number of hydrogen-bond donors (Lipinski definition) is 2. The molecular formula is C21H33N5O. The van der Waals surface area contributed by atoms with Crippen LogP contribution in [0.5, 0.6) is 0 Å². The highest BCUT2D eigenvalue weighted by molar-refractivity contribution is 5.92. The highest BCUT2D eigenvalue weighted by Crippen LogP contribution is 2.38. The first-order valence-electron chi connectivity index (χ1n) is 10.1. The molecule has 1 aliphatic carbocycles. The Kier molecular flexibility index (Phi) is 6.05. The van der Waals surface area contributed by atoms with E-state index in [4.69, 9.17) is 5.73 Å². The van der Waals surface area contributed by atoms with Gasteiger partial charge in [0, 0.05) is 31.8 Å². The van der Waals surface area contributed by atoms with Gasteiger partial charge in [-0.2, -0.15) is 5.10 Å². The number of nitrogens with zero attached hydrogens (tertiary/aromatic N) is 3. The van der Waals surface area contributed by atoms with Gasteiger partial charge in [0.25, 0.3) is 0 Å². The second-order valence-electron chi connectivity index (χ2n) is 8.35. The molecule has 2 aromatic heterocycles. The number of nitrogens with two attached hydrogens (primary N) is 1. The minimum atomic E-state index is 0.0634. The van der Waals surface area contributed by atoms with Gasteiger partial charge in [-0.05, 0) is 42.7 Å². The van der Waals surface area contributed by atoms with Crippen molar-refractivity contribution in [2.75, 3.05) is 11.9 Å². The van der Waals surface area contributed by atoms with E-state index in [0.29, 0.717) is 30.8 Å². The summed E-state index contributed by atoms with van der Waals surface area (Å²) >= 11 is 0. The standard InChI is InChI=1S/C21H33N5O/c1-14(2)16-8-7-15(3)12-17(16)21(27)23-20-13-18(24-26(20)11-9-22)19-6-5-10-25(19)4/h5-6,10,13-17H,7-9,11-12,22H2,1-4H3,(H,23,27). The van der Waals surface area contributed by atoms with Crippen molar-refractivity contribution in [3.8, 4) is 11.4 Å². The van der Waals surface area contributed by atoms with Crippen molar-refractivity contribution in [2.24, 2.45) is 36.5 Å². The minimum absolute atomic E-state index is 0.0634. The van der Waals surface area contributed by atoms with Crippen molar-refractivity contribution < 1.29 is 4.79 Å². The lowest BCUT2D eigenvalue weighted by atomic mass is 9.70. The first kappa shape index (κ1) is 19.7. The van der Waals surface area contributed by atoms with Crippen LogP contribution in [0.15, 0.2) is 24.4 Å². The van der Waals surface area contributed by atoms with Crippen molar-refractivity contribution in [1.29, 1.82) is 0 Å². The monoisotopic (exact) mass is 371 g/mol. The smallest absolute Gasteiger partial charge is 0.228 e. The molecule has 3 rings (SSSR count). The van der Waals surface area contributed by atoms with Crippen molar-refractivity contribution in [3.63, 3.8) is 0 Å². The van der Waals surface area contributed by atoms with Gasteiger partial charge in [0.2, 0.25) is 5.91 Å². The van der Waals surface area contributed by atoms with Crippen molar-refractivity contribution in [2.45, 2.75) is 46.6 Å². The molecule has 1 saturated carbocycles. The normalized spacial score (nSPS) is 23.0. The molecule has 6 heteroatoms. The summed E-state index contributed by atoms with van der Waals surface area (Å²) in [4.78, 5) is 13.2. The van der Waals surface area contributed by atoms with Crippen LogP contribution in [0.25, 0.3) is 11.4 Å². The molecule has 27 heavy (non-hydrogen) atoms. The fourth-order valence-electron chi connectivity index (χ4n) is 4.39. The van der Waals surface area contributed by atoms with E-state index in [-0.39, 0.29) is 11.8 Å². The molecule has 6 nitrogen and oxygen atoms in total. The van der Waals surface area contributed by atoms with Crippen LogP contribution in [0.1, 0.15) is 40.0 Å². The van der Waals surface area contributed by atoms with Gasteiger partial charge in [0.1, 0.15) is 11.5 Å². The Hall–Kier alpha value is -2.08. The number of carbonyl (C=O) groups is 1. The molecule has 1 fully saturated rings. The Labute approximate surface area is 162 Å². The Balaban J connectivity index is 1.84. The zero-order chi connectivity index (χ0) is 19.6. The molecule has 0 bridgehead atoms. The van der Waals surface area contributed by atoms with Gasteiger partial charge in [-0.3, -0.25) is 4.79 Å². The van der Waals surface area contributed by atoms with E-state index in [1.165, 1.54) is 6.42 Å². The highest BCUT2D eigenvalue weighted by Gasteiger charge is 2.35. The minimum Gasteiger partial charge on any atom is -0.349 e. The molecule has 0 aromatic carbocycles. The Bertz CT molecular complexity index is 775. The third-order valence-corrected chi connectivity index (χ3v) is 5.94. The lowest BCUT2D eigenvalue weighted by Crippen LogP contribution is -2.37. The highest BCUT2D eigenvalue weighted by atomic mass is 16.2. The Morgan fingerprint density at radius 1 is 1.41 bits per heavy atom. The molecule has 1 aliphatic rings. The summed E-state index contributed by atoms with van der Waals surface area (Å²) in [6.45, 7) is 7.77. The summed E-state index contributed by atoms with van der Waals surface area (Å²) in [7, 11) is 1.99. The summed E-state index contributed by atoms with van der Waals surface area (Å²) in [5.74, 6) is 2.48. The quantitative estimate of drug-likeness (QED) is 0.816. The average Bonchev–Trinajstić information content (AvgIpc) is 3.21. The van der Waals surface area contributed by atoms with Crippen LogP contribution in [0.4, 0.5) is 5.82 Å². The van der Waals surface area contributed by atoms with Crippen molar-refractivity contribution in [3.05, 3.63) is 24.4 Å². The van der Waals surface area contributed by atoms with E-state index < -0.39 is 0 Å². The summed E-state index contributed by atoms with van der Waals surface area (Å²) in [5.41, 5.74) is 7.63. The maximum absolute atomic E-state index is 13.2. The van der Waals surface area contributed by atoms with Crippen LogP contribution in [0.2, 0.25) is 0 Å². The summed E-state index contributed by atoms with van der Waals surface area (Å²) in [6, 6.07) is 5.98. The van der Waals surface area contributed by atoms with Gasteiger partial charge in [-0.15, -0.1) is 0 Å². The van der Waals surface area contributed by atoms with Crippen LogP contribution in [-0.2, 0) is 18.4 Å². The summed E-state index contributed by atoms with van der Waals surface area (Å²) in [5, 5.41) is 7.84. The van der Waals surface area contributed by atoms with Gasteiger partial charge in [-0.25, -0.2) is 4.68 Å². The third-order valence-electron chi connectivity index (χ3n) is 5.94. The fraction of sp³-hybridized carbons (Fsp3) is 0.619. The van der Waals surface area contributed by atoms with E-state index in [1.807, 2.05) is 40.7 Å². The number of carbonyl (C=O) groups excluding carboxylic acids is 1. The summed E-state index contributed by atoms with van der Waals surface area (Å²) in [6.07, 6.45) is 5.31. The van der Waals surface area contributed by atoms with Crippen molar-refractivity contribution in [1.82, 2.24) is 14.3 Å². The lowest BCUT2D eigenvalue weighted by Gasteiger charge is -2.36. The maximum Gasteiger partial charge on any atom is 0.228 e. The number of hydrogen-bond acceptors (Lipinski definition) is 3. The van der Waals surface area contributed by atoms with Crippen LogP contribution in [0, 0.1) is 23.7 Å². The van der Waals surface area contributed by atoms with Crippen LogP contribution < -0.4 is 11.1 Å². The summed E-state index contributed by atoms with van der Waals surface area (Å²) < 4.78 is 3.84. The topological polar surface area (TPSA) is 77.9 Å². The molecule has 3 N–H and O–H groups in total. The third kappa shape index (κ3) is 4.26. The number of anilines is 1. The first-order chi connectivity index (χ1) is 12.9. The van der Waals surface area contributed by atoms with E-state index in [0.717, 1.165) is 30.0 Å². The molecule has 3 atom stereocenters. The fourth-order valence-corrected chi connectivity index (χ4v) is 4.39. The Morgan fingerprint density at radius 2 is 2.19 bits per heavy atom. The first-order valence-corrected chi connectivity index (χ1v) is 10.1. The molecule has 3 unspecified atom stereocenters. The molecule has 0 saturated heterocycles. The van der Waals surface area contributed by atoms with Gasteiger partial charge < -0.3 is 15.6 Å². The number of amides is 1. The second kappa shape index (κ2) is 8.30. The van der Waals surface area contributed by atoms with E-state index in [2.05, 4.69) is 31.2 Å². The number of aryl methyl sites for hydroxylation is 1. The largest absolute Gasteiger partial charge is 0.349 e. The van der Waals surface area contributed by atoms with Gasteiger partial charge in [-0.1, -0.05) is 27.2 Å². The maximum atomic E-state index is 13.2. The molecule has 148 valence electrons. The van der Waals surface area contributed by atoms with Crippen molar-refractivity contribution >= 4 is 11.7 Å². The molecule has 2 aromatic rings. The van der Waals surface area contributed by atoms with Gasteiger partial charge in [0.15, 0.2) is 0 Å². The molecule has 1 amide bonds. The zero-order valence-corrected chi connectivity index (χ0v) is 17.0. The van der Waals surface area contributed by atoms with Gasteiger partial charge in [0.05, 0.1) is 12.2 Å². The molecule has 0 aliphatic heterocycles. The number of rotatable bonds is 6. The molecular weight excluding hydrogens is 338 g/mol. The van der Waals surface area contributed by atoms with E-state index in [1.54, 1.807) is 0 Å². The zero-order valence-electron chi connectivity index (χ0n) is 17.0. The molecule has 2 heterocycles. The molecule has 0 radical (unpaired) electrons. The predicted octanol–water partition coefficient (Wildman–Crippen LogP) is 3.49. The second-order valence-corrected chi connectivity index (χ2v) is 8.35. The molecule has 0 spiro atoms. The SMILES string of the molecule is CC1CCC(C(C)C)C(C(=O)Nc2cc(-c3cccn3C)nn2CCN)C1. The predicted molar refractivity (Wildman–Crippen MR) is 109 cm³/mol. The van der Waals surface area contributed by atoms with E-state index in [9.17, 15) is 4.79 Å². The van der Waals surface area contributed by atoms with Gasteiger partial charge >= 0.3 is 0 Å². The number of nitrogens with one attached hydrogen (secondary N) is 1.